The second-order valence-electron chi connectivity index (χ2n) is 7.89. The first-order valence-electron chi connectivity index (χ1n) is 10.5. The van der Waals surface area contributed by atoms with E-state index in [2.05, 4.69) is 16.9 Å². The summed E-state index contributed by atoms with van der Waals surface area (Å²) in [5.74, 6) is -0.919. The fourth-order valence-corrected chi connectivity index (χ4v) is 4.33. The van der Waals surface area contributed by atoms with Crippen LogP contribution in [0.5, 0.6) is 0 Å². The van der Waals surface area contributed by atoms with Crippen molar-refractivity contribution in [3.8, 4) is 5.69 Å². The van der Waals surface area contributed by atoms with E-state index in [0.29, 0.717) is 31.9 Å². The van der Waals surface area contributed by atoms with Crippen LogP contribution >= 0.6 is 11.6 Å². The molecular weight excluding hydrogens is 431 g/mol. The number of carbonyl (C=O) groups is 1. The van der Waals surface area contributed by atoms with Crippen molar-refractivity contribution in [2.24, 2.45) is 0 Å². The van der Waals surface area contributed by atoms with Crippen LogP contribution in [0.1, 0.15) is 34.7 Å². The Hall–Kier alpha value is -3.03. The average molecular weight is 455 g/mol. The van der Waals surface area contributed by atoms with E-state index < -0.39 is 17.2 Å². The van der Waals surface area contributed by atoms with Gasteiger partial charge in [-0.3, -0.25) is 14.5 Å². The first kappa shape index (κ1) is 22.2. The van der Waals surface area contributed by atoms with Crippen LogP contribution in [0.25, 0.3) is 5.69 Å². The van der Waals surface area contributed by atoms with Crippen LogP contribution in [-0.2, 0) is 0 Å². The first-order valence-corrected chi connectivity index (χ1v) is 10.9. The predicted octanol–water partition coefficient (Wildman–Crippen LogP) is 3.85. The molecule has 3 aromatic rings. The van der Waals surface area contributed by atoms with Crippen LogP contribution in [0.4, 0.5) is 4.39 Å². The van der Waals surface area contributed by atoms with Crippen molar-refractivity contribution in [2.75, 3.05) is 26.2 Å². The van der Waals surface area contributed by atoms with E-state index in [0.717, 1.165) is 10.6 Å². The van der Waals surface area contributed by atoms with Crippen LogP contribution in [0.15, 0.2) is 59.4 Å². The lowest BCUT2D eigenvalue weighted by Gasteiger charge is -2.38. The van der Waals surface area contributed by atoms with Crippen LogP contribution < -0.4 is 5.43 Å². The molecule has 8 heteroatoms. The Balaban J connectivity index is 1.52. The molecule has 166 valence electrons. The number of benzene rings is 2. The van der Waals surface area contributed by atoms with E-state index in [1.165, 1.54) is 16.8 Å². The first-order chi connectivity index (χ1) is 15.4. The second-order valence-corrected chi connectivity index (χ2v) is 8.29. The van der Waals surface area contributed by atoms with Gasteiger partial charge < -0.3 is 4.90 Å². The largest absolute Gasteiger partial charge is 0.335 e. The lowest BCUT2D eigenvalue weighted by molar-refractivity contribution is 0.0573. The molecule has 1 amide bonds. The fourth-order valence-electron chi connectivity index (χ4n) is 4.04. The van der Waals surface area contributed by atoms with Crippen LogP contribution in [0.2, 0.25) is 5.02 Å². The number of aromatic nitrogens is 2. The number of carbonyl (C=O) groups excluding carboxylic acids is 1. The van der Waals surface area contributed by atoms with E-state index in [9.17, 15) is 14.0 Å². The number of piperazine rings is 1. The number of halogens is 2. The molecule has 0 radical (unpaired) electrons. The maximum Gasteiger partial charge on any atom is 0.278 e. The van der Waals surface area contributed by atoms with Crippen molar-refractivity contribution in [1.82, 2.24) is 19.6 Å². The maximum atomic E-state index is 14.3. The minimum absolute atomic E-state index is 0.108. The number of nitrogens with zero attached hydrogens (tertiary/aromatic N) is 4. The number of hydrogen-bond donors (Lipinski definition) is 0. The summed E-state index contributed by atoms with van der Waals surface area (Å²) >= 11 is 6.34. The molecule has 32 heavy (non-hydrogen) atoms. The highest BCUT2D eigenvalue weighted by Gasteiger charge is 2.28. The van der Waals surface area contributed by atoms with E-state index in [4.69, 9.17) is 11.6 Å². The van der Waals surface area contributed by atoms with Crippen LogP contribution in [-0.4, -0.2) is 51.7 Å². The number of aryl methyl sites for hydroxylation is 1. The number of hydrogen-bond acceptors (Lipinski definition) is 4. The molecule has 2 heterocycles. The molecule has 0 bridgehead atoms. The summed E-state index contributed by atoms with van der Waals surface area (Å²) in [6.45, 7) is 5.96. The van der Waals surface area contributed by atoms with E-state index in [-0.39, 0.29) is 17.4 Å². The number of amides is 1. The van der Waals surface area contributed by atoms with Gasteiger partial charge in [0, 0.05) is 49.0 Å². The van der Waals surface area contributed by atoms with Crippen molar-refractivity contribution < 1.29 is 9.18 Å². The maximum absolute atomic E-state index is 14.3. The molecule has 1 aliphatic rings. The topological polar surface area (TPSA) is 58.4 Å². The average Bonchev–Trinajstić information content (AvgIpc) is 2.79. The zero-order valence-electron chi connectivity index (χ0n) is 18.0. The molecule has 2 aromatic carbocycles. The summed E-state index contributed by atoms with van der Waals surface area (Å²) in [6.07, 6.45) is 0. The number of rotatable bonds is 4. The quantitative estimate of drug-likeness (QED) is 0.600. The fraction of sp³-hybridized carbons (Fsp3) is 0.292. The Morgan fingerprint density at radius 3 is 2.41 bits per heavy atom. The lowest BCUT2D eigenvalue weighted by Crippen LogP contribution is -2.50. The third-order valence-electron chi connectivity index (χ3n) is 5.90. The zero-order valence-corrected chi connectivity index (χ0v) is 18.7. The predicted molar refractivity (Wildman–Crippen MR) is 122 cm³/mol. The van der Waals surface area contributed by atoms with Crippen molar-refractivity contribution in [3.05, 3.63) is 92.6 Å². The summed E-state index contributed by atoms with van der Waals surface area (Å²) in [5, 5.41) is 4.95. The van der Waals surface area contributed by atoms with Gasteiger partial charge in [0.05, 0.1) is 0 Å². The van der Waals surface area contributed by atoms with Gasteiger partial charge in [0.2, 0.25) is 5.43 Å². The molecule has 6 nitrogen and oxygen atoms in total. The van der Waals surface area contributed by atoms with Gasteiger partial charge in [-0.05, 0) is 37.6 Å². The van der Waals surface area contributed by atoms with E-state index in [1.54, 1.807) is 30.0 Å². The standard InChI is InChI=1S/C24H24ClFN4O2/c1-16-15-22(31)23(27-30(16)21-10-6-5-9-20(21)26)24(32)29-13-11-28(12-14-29)17(2)18-7-3-4-8-19(18)25/h3-10,15,17H,11-14H2,1-2H3. The minimum atomic E-state index is -0.479. The molecular formula is C24H24ClFN4O2. The molecule has 0 N–H and O–H groups in total. The Morgan fingerprint density at radius 1 is 1.06 bits per heavy atom. The Morgan fingerprint density at radius 2 is 1.72 bits per heavy atom. The third kappa shape index (κ3) is 4.31. The molecule has 0 spiro atoms. The highest BCUT2D eigenvalue weighted by Crippen LogP contribution is 2.28. The monoisotopic (exact) mass is 454 g/mol. The summed E-state index contributed by atoms with van der Waals surface area (Å²) in [5.41, 5.74) is 1.02. The van der Waals surface area contributed by atoms with Gasteiger partial charge in [-0.1, -0.05) is 41.9 Å². The Kier molecular flexibility index (Phi) is 6.39. The molecule has 1 aliphatic heterocycles. The summed E-state index contributed by atoms with van der Waals surface area (Å²) in [4.78, 5) is 29.5. The van der Waals surface area contributed by atoms with E-state index in [1.807, 2.05) is 24.3 Å². The van der Waals surface area contributed by atoms with Gasteiger partial charge in [0.1, 0.15) is 11.5 Å². The van der Waals surface area contributed by atoms with Gasteiger partial charge in [-0.25, -0.2) is 9.07 Å². The molecule has 1 fully saturated rings. The van der Waals surface area contributed by atoms with Gasteiger partial charge in [0.15, 0.2) is 5.69 Å². The zero-order chi connectivity index (χ0) is 22.8. The summed E-state index contributed by atoms with van der Waals surface area (Å²) < 4.78 is 15.6. The highest BCUT2D eigenvalue weighted by atomic mass is 35.5. The Labute approximate surface area is 190 Å². The van der Waals surface area contributed by atoms with Crippen LogP contribution in [0, 0.1) is 12.7 Å². The smallest absolute Gasteiger partial charge is 0.278 e. The van der Waals surface area contributed by atoms with E-state index >= 15 is 0 Å². The number of para-hydroxylation sites is 1. The van der Waals surface area contributed by atoms with Crippen molar-refractivity contribution in [1.29, 1.82) is 0 Å². The molecule has 0 saturated carbocycles. The van der Waals surface area contributed by atoms with Gasteiger partial charge in [-0.2, -0.15) is 5.10 Å². The summed E-state index contributed by atoms with van der Waals surface area (Å²) in [7, 11) is 0. The van der Waals surface area contributed by atoms with Gasteiger partial charge in [-0.15, -0.1) is 0 Å². The molecule has 4 rings (SSSR count). The molecule has 1 atom stereocenters. The third-order valence-corrected chi connectivity index (χ3v) is 6.24. The normalized spacial score (nSPS) is 15.6. The molecule has 1 unspecified atom stereocenters. The molecule has 0 aliphatic carbocycles. The van der Waals surface area contributed by atoms with Crippen molar-refractivity contribution in [3.63, 3.8) is 0 Å². The Bertz CT molecular complexity index is 1200. The highest BCUT2D eigenvalue weighted by molar-refractivity contribution is 6.31. The lowest BCUT2D eigenvalue weighted by atomic mass is 10.1. The molecule has 1 aromatic heterocycles. The van der Waals surface area contributed by atoms with Crippen LogP contribution in [0.3, 0.4) is 0 Å². The van der Waals surface area contributed by atoms with Gasteiger partial charge >= 0.3 is 0 Å². The summed E-state index contributed by atoms with van der Waals surface area (Å²) in [6, 6.07) is 15.3. The van der Waals surface area contributed by atoms with Crippen molar-refractivity contribution >= 4 is 17.5 Å². The van der Waals surface area contributed by atoms with Crippen molar-refractivity contribution in [2.45, 2.75) is 19.9 Å². The minimum Gasteiger partial charge on any atom is -0.335 e. The SMILES string of the molecule is Cc1cc(=O)c(C(=O)N2CCN(C(C)c3ccccc3Cl)CC2)nn1-c1ccccc1F. The van der Waals surface area contributed by atoms with Gasteiger partial charge in [0.25, 0.3) is 5.91 Å². The second kappa shape index (κ2) is 9.22. The molecule has 1 saturated heterocycles.